The molecule has 7 heteroatoms. The summed E-state index contributed by atoms with van der Waals surface area (Å²) in [4.78, 5) is 2.39. The lowest BCUT2D eigenvalue weighted by atomic mass is 10.1. The molecule has 0 amide bonds. The number of nitrogens with one attached hydrogen (secondary N) is 1. The first-order valence-corrected chi connectivity index (χ1v) is 8.48. The van der Waals surface area contributed by atoms with E-state index in [1.54, 1.807) is 12.1 Å². The van der Waals surface area contributed by atoms with Crippen molar-refractivity contribution in [3.05, 3.63) is 28.8 Å². The smallest absolute Gasteiger partial charge is 0.240 e. The van der Waals surface area contributed by atoms with Crippen LogP contribution in [-0.2, 0) is 16.6 Å². The molecule has 20 heavy (non-hydrogen) atoms. The average molecular weight is 318 g/mol. The highest BCUT2D eigenvalue weighted by atomic mass is 35.5. The first kappa shape index (κ1) is 15.7. The first-order chi connectivity index (χ1) is 9.42. The van der Waals surface area contributed by atoms with Crippen molar-refractivity contribution in [1.29, 1.82) is 0 Å². The third-order valence-corrected chi connectivity index (χ3v) is 5.47. The van der Waals surface area contributed by atoms with Gasteiger partial charge < -0.3 is 10.6 Å². The highest BCUT2D eigenvalue weighted by molar-refractivity contribution is 7.89. The Labute approximate surface area is 125 Å². The number of piperidine rings is 1. The lowest BCUT2D eigenvalue weighted by Gasteiger charge is -2.29. The fraction of sp³-hybridized carbons (Fsp3) is 0.538. The number of benzene rings is 1. The molecule has 0 radical (unpaired) electrons. The Bertz CT molecular complexity index is 569. The molecule has 0 unspecified atom stereocenters. The molecule has 1 heterocycles. The Morgan fingerprint density at radius 2 is 2.05 bits per heavy atom. The third kappa shape index (κ3) is 3.71. The van der Waals surface area contributed by atoms with Gasteiger partial charge in [0.05, 0.1) is 4.90 Å². The van der Waals surface area contributed by atoms with Gasteiger partial charge in [-0.2, -0.15) is 0 Å². The van der Waals surface area contributed by atoms with Crippen LogP contribution in [0.3, 0.4) is 0 Å². The average Bonchev–Trinajstić information content (AvgIpc) is 2.41. The van der Waals surface area contributed by atoms with Crippen LogP contribution in [0.1, 0.15) is 18.4 Å². The summed E-state index contributed by atoms with van der Waals surface area (Å²) < 4.78 is 27.4. The molecule has 0 bridgehead atoms. The number of hydrogen-bond acceptors (Lipinski definition) is 4. The monoisotopic (exact) mass is 317 g/mol. The maximum absolute atomic E-state index is 12.3. The van der Waals surface area contributed by atoms with E-state index < -0.39 is 10.0 Å². The summed E-state index contributed by atoms with van der Waals surface area (Å²) in [6.45, 7) is 2.10. The van der Waals surface area contributed by atoms with Crippen molar-refractivity contribution in [3.8, 4) is 0 Å². The minimum absolute atomic E-state index is 0.0100. The summed E-state index contributed by atoms with van der Waals surface area (Å²) in [7, 11) is -1.48. The van der Waals surface area contributed by atoms with Gasteiger partial charge in [-0.3, -0.25) is 0 Å². The van der Waals surface area contributed by atoms with E-state index in [0.29, 0.717) is 11.6 Å². The number of likely N-dealkylation sites (tertiary alicyclic amines) is 1. The van der Waals surface area contributed by atoms with Crippen molar-refractivity contribution in [2.24, 2.45) is 5.73 Å². The Balaban J connectivity index is 2.12. The van der Waals surface area contributed by atoms with Crippen molar-refractivity contribution in [2.45, 2.75) is 30.3 Å². The van der Waals surface area contributed by atoms with Crippen LogP contribution in [0.5, 0.6) is 0 Å². The summed E-state index contributed by atoms with van der Waals surface area (Å²) in [5.74, 6) is 0. The van der Waals surface area contributed by atoms with E-state index in [1.165, 1.54) is 6.07 Å². The molecule has 5 nitrogen and oxygen atoms in total. The molecule has 0 aliphatic carbocycles. The summed E-state index contributed by atoms with van der Waals surface area (Å²) in [5, 5.41) is 0.388. The fourth-order valence-corrected chi connectivity index (χ4v) is 3.93. The second-order valence-corrected chi connectivity index (χ2v) is 7.28. The van der Waals surface area contributed by atoms with Gasteiger partial charge in [-0.15, -0.1) is 0 Å². The molecule has 1 aliphatic heterocycles. The zero-order valence-electron chi connectivity index (χ0n) is 11.5. The van der Waals surface area contributed by atoms with E-state index in [4.69, 9.17) is 17.3 Å². The first-order valence-electron chi connectivity index (χ1n) is 6.62. The second kappa shape index (κ2) is 6.41. The van der Waals surface area contributed by atoms with E-state index in [-0.39, 0.29) is 10.9 Å². The number of halogens is 1. The van der Waals surface area contributed by atoms with Crippen LogP contribution < -0.4 is 10.5 Å². The fourth-order valence-electron chi connectivity index (χ4n) is 2.27. The summed E-state index contributed by atoms with van der Waals surface area (Å²) >= 11 is 6.02. The maximum atomic E-state index is 12.3. The molecule has 1 aliphatic rings. The Morgan fingerprint density at radius 3 is 2.60 bits per heavy atom. The van der Waals surface area contributed by atoms with Gasteiger partial charge >= 0.3 is 0 Å². The highest BCUT2D eigenvalue weighted by Gasteiger charge is 2.23. The Hall–Kier alpha value is -0.660. The third-order valence-electron chi connectivity index (χ3n) is 3.60. The van der Waals surface area contributed by atoms with Crippen LogP contribution in [-0.4, -0.2) is 39.5 Å². The molecule has 2 rings (SSSR count). The molecule has 0 atom stereocenters. The molecule has 1 saturated heterocycles. The Kier molecular flexibility index (Phi) is 5.04. The number of hydrogen-bond donors (Lipinski definition) is 2. The van der Waals surface area contributed by atoms with E-state index in [2.05, 4.69) is 9.62 Å². The van der Waals surface area contributed by atoms with Gasteiger partial charge in [0.25, 0.3) is 0 Å². The van der Waals surface area contributed by atoms with Gasteiger partial charge in [0.1, 0.15) is 0 Å². The van der Waals surface area contributed by atoms with Crippen LogP contribution in [0.2, 0.25) is 5.02 Å². The lowest BCUT2D eigenvalue weighted by Crippen LogP contribution is -2.43. The largest absolute Gasteiger partial charge is 0.326 e. The van der Waals surface area contributed by atoms with Crippen molar-refractivity contribution in [2.75, 3.05) is 20.1 Å². The number of sulfonamides is 1. The molecular weight excluding hydrogens is 298 g/mol. The summed E-state index contributed by atoms with van der Waals surface area (Å²) in [6.07, 6.45) is 1.65. The van der Waals surface area contributed by atoms with Gasteiger partial charge in [0.15, 0.2) is 0 Å². The summed E-state index contributed by atoms with van der Waals surface area (Å²) in [5.41, 5.74) is 6.26. The van der Waals surface area contributed by atoms with Gasteiger partial charge in [-0.1, -0.05) is 17.7 Å². The zero-order valence-corrected chi connectivity index (χ0v) is 13.0. The normalized spacial score (nSPS) is 18.4. The number of rotatable bonds is 4. The SMILES string of the molecule is CN1CCC(NS(=O)(=O)c2ccc(CN)c(Cl)c2)CC1. The van der Waals surface area contributed by atoms with Gasteiger partial charge in [0, 0.05) is 17.6 Å². The number of nitrogens with two attached hydrogens (primary N) is 1. The van der Waals surface area contributed by atoms with E-state index >= 15 is 0 Å². The van der Waals surface area contributed by atoms with Crippen LogP contribution in [0.25, 0.3) is 0 Å². The van der Waals surface area contributed by atoms with Gasteiger partial charge in [-0.25, -0.2) is 13.1 Å². The van der Waals surface area contributed by atoms with Crippen molar-refractivity contribution in [1.82, 2.24) is 9.62 Å². The highest BCUT2D eigenvalue weighted by Crippen LogP contribution is 2.21. The molecule has 1 aromatic carbocycles. The minimum Gasteiger partial charge on any atom is -0.326 e. The quantitative estimate of drug-likeness (QED) is 0.874. The lowest BCUT2D eigenvalue weighted by molar-refractivity contribution is 0.248. The number of nitrogens with zero attached hydrogens (tertiary/aromatic N) is 1. The molecular formula is C13H20ClN3O2S. The summed E-state index contributed by atoms with van der Waals surface area (Å²) in [6, 6.07) is 4.65. The van der Waals surface area contributed by atoms with Crippen LogP contribution in [0.15, 0.2) is 23.1 Å². The van der Waals surface area contributed by atoms with Gasteiger partial charge in [-0.05, 0) is 50.7 Å². The van der Waals surface area contributed by atoms with E-state index in [9.17, 15) is 8.42 Å². The predicted octanol–water partition coefficient (Wildman–Crippen LogP) is 1.17. The van der Waals surface area contributed by atoms with Crippen molar-refractivity contribution < 1.29 is 8.42 Å². The van der Waals surface area contributed by atoms with E-state index in [0.717, 1.165) is 31.5 Å². The van der Waals surface area contributed by atoms with Crippen LogP contribution in [0.4, 0.5) is 0 Å². The molecule has 0 spiro atoms. The predicted molar refractivity (Wildman–Crippen MR) is 80.2 cm³/mol. The Morgan fingerprint density at radius 1 is 1.40 bits per heavy atom. The van der Waals surface area contributed by atoms with Crippen LogP contribution in [0, 0.1) is 0 Å². The maximum Gasteiger partial charge on any atom is 0.240 e. The van der Waals surface area contributed by atoms with E-state index in [1.807, 2.05) is 7.05 Å². The van der Waals surface area contributed by atoms with Gasteiger partial charge in [0.2, 0.25) is 10.0 Å². The molecule has 1 fully saturated rings. The molecule has 0 aromatic heterocycles. The minimum atomic E-state index is -3.52. The molecule has 112 valence electrons. The van der Waals surface area contributed by atoms with Crippen molar-refractivity contribution in [3.63, 3.8) is 0 Å². The van der Waals surface area contributed by atoms with Crippen molar-refractivity contribution >= 4 is 21.6 Å². The molecule has 0 saturated carbocycles. The van der Waals surface area contributed by atoms with Crippen LogP contribution >= 0.6 is 11.6 Å². The topological polar surface area (TPSA) is 75.4 Å². The standard InChI is InChI=1S/C13H20ClN3O2S/c1-17-6-4-11(5-7-17)16-20(18,19)12-3-2-10(9-15)13(14)8-12/h2-3,8,11,16H,4-7,9,15H2,1H3. The molecule has 3 N–H and O–H groups in total. The molecule has 1 aromatic rings. The zero-order chi connectivity index (χ0) is 14.8. The second-order valence-electron chi connectivity index (χ2n) is 5.16.